The molecule has 1 aromatic carbocycles. The third-order valence-electron chi connectivity index (χ3n) is 4.80. The second kappa shape index (κ2) is 9.21. The van der Waals surface area contributed by atoms with Crippen LogP contribution in [0.3, 0.4) is 0 Å². The molecule has 2 aliphatic heterocycles. The van der Waals surface area contributed by atoms with Crippen LogP contribution in [0.1, 0.15) is 39.2 Å². The highest BCUT2D eigenvalue weighted by molar-refractivity contribution is 6.00. The Morgan fingerprint density at radius 3 is 2.47 bits per heavy atom. The summed E-state index contributed by atoms with van der Waals surface area (Å²) >= 11 is 0. The van der Waals surface area contributed by atoms with Crippen LogP contribution < -0.4 is 14.8 Å². The van der Waals surface area contributed by atoms with Crippen molar-refractivity contribution < 1.29 is 33.3 Å². The molecule has 1 aromatic rings. The zero-order chi connectivity index (χ0) is 21.8. The molecule has 1 N–H and O–H groups in total. The monoisotopic (exact) mass is 417 g/mol. The van der Waals surface area contributed by atoms with Crippen LogP contribution in [0.25, 0.3) is 0 Å². The van der Waals surface area contributed by atoms with Gasteiger partial charge in [-0.05, 0) is 33.8 Å². The number of methoxy groups -OCH3 is 1. The molecule has 2 aliphatic rings. The Balaban J connectivity index is 2.11. The Hall–Kier alpha value is -3.00. The van der Waals surface area contributed by atoms with Gasteiger partial charge < -0.3 is 29.0 Å². The van der Waals surface area contributed by atoms with Gasteiger partial charge in [0.25, 0.3) is 0 Å². The third kappa shape index (κ3) is 4.28. The number of allylic oxidation sites excluding steroid dienone is 2. The number of esters is 2. The van der Waals surface area contributed by atoms with Gasteiger partial charge in [0, 0.05) is 24.1 Å². The van der Waals surface area contributed by atoms with Gasteiger partial charge in [-0.15, -0.1) is 0 Å². The zero-order valence-electron chi connectivity index (χ0n) is 17.9. The second-order valence-corrected chi connectivity index (χ2v) is 7.30. The van der Waals surface area contributed by atoms with E-state index in [4.69, 9.17) is 23.7 Å². The fourth-order valence-corrected chi connectivity index (χ4v) is 3.60. The van der Waals surface area contributed by atoms with Crippen LogP contribution in [0.4, 0.5) is 0 Å². The van der Waals surface area contributed by atoms with Crippen molar-refractivity contribution in [1.29, 1.82) is 0 Å². The fraction of sp³-hybridized carbons (Fsp3) is 0.455. The summed E-state index contributed by atoms with van der Waals surface area (Å²) in [5, 5.41) is 3.13. The van der Waals surface area contributed by atoms with Crippen molar-refractivity contribution in [3.8, 4) is 11.5 Å². The highest BCUT2D eigenvalue weighted by Gasteiger charge is 2.40. The summed E-state index contributed by atoms with van der Waals surface area (Å²) in [5.74, 6) is -0.719. The van der Waals surface area contributed by atoms with Crippen LogP contribution in [-0.4, -0.2) is 45.2 Å². The lowest BCUT2D eigenvalue weighted by atomic mass is 9.80. The first-order chi connectivity index (χ1) is 14.3. The van der Waals surface area contributed by atoms with Crippen LogP contribution in [0.2, 0.25) is 0 Å². The highest BCUT2D eigenvalue weighted by Crippen LogP contribution is 2.47. The summed E-state index contributed by atoms with van der Waals surface area (Å²) in [7, 11) is 1.53. The van der Waals surface area contributed by atoms with Gasteiger partial charge in [0.2, 0.25) is 6.79 Å². The number of hydrogen-bond donors (Lipinski definition) is 1. The van der Waals surface area contributed by atoms with Crippen molar-refractivity contribution in [3.05, 3.63) is 46.3 Å². The molecule has 0 fully saturated rings. The van der Waals surface area contributed by atoms with E-state index in [2.05, 4.69) is 5.32 Å². The molecule has 1 atom stereocenters. The Kier molecular flexibility index (Phi) is 6.66. The lowest BCUT2D eigenvalue weighted by Gasteiger charge is -2.31. The van der Waals surface area contributed by atoms with Gasteiger partial charge >= 0.3 is 11.9 Å². The van der Waals surface area contributed by atoms with Gasteiger partial charge in [0.1, 0.15) is 6.61 Å². The van der Waals surface area contributed by atoms with Gasteiger partial charge in [0.15, 0.2) is 11.5 Å². The quantitative estimate of drug-likeness (QED) is 0.535. The minimum atomic E-state index is -0.732. The first kappa shape index (κ1) is 21.7. The highest BCUT2D eigenvalue weighted by atomic mass is 16.7. The molecule has 0 saturated carbocycles. The lowest BCUT2D eigenvalue weighted by Crippen LogP contribution is -2.33. The van der Waals surface area contributed by atoms with Crippen molar-refractivity contribution >= 4 is 11.9 Å². The Labute approximate surface area is 175 Å². The van der Waals surface area contributed by atoms with E-state index in [1.165, 1.54) is 7.11 Å². The van der Waals surface area contributed by atoms with E-state index in [9.17, 15) is 9.59 Å². The molecular formula is C22H27NO7. The normalized spacial score (nSPS) is 17.9. The standard InChI is InChI=1S/C22H27NO7/c1-12(2)30-22(25)18-14(4)23-13(3)17(21(24)27-10-9-26-5)19(18)15-7-6-8-16-20(15)29-11-28-16/h6-8,12,19,23H,9-11H2,1-5H3. The average Bonchev–Trinajstić information content (AvgIpc) is 3.15. The predicted octanol–water partition coefficient (Wildman–Crippen LogP) is 2.79. The summed E-state index contributed by atoms with van der Waals surface area (Å²) in [6.07, 6.45) is -0.316. The summed E-state index contributed by atoms with van der Waals surface area (Å²) in [6, 6.07) is 5.40. The smallest absolute Gasteiger partial charge is 0.337 e. The molecular weight excluding hydrogens is 390 g/mol. The van der Waals surface area contributed by atoms with Gasteiger partial charge in [-0.3, -0.25) is 0 Å². The number of carbonyl (C=O) groups excluding carboxylic acids is 2. The van der Waals surface area contributed by atoms with Gasteiger partial charge in [-0.1, -0.05) is 12.1 Å². The first-order valence-electron chi connectivity index (χ1n) is 9.79. The summed E-state index contributed by atoms with van der Waals surface area (Å²) < 4.78 is 27.0. The van der Waals surface area contributed by atoms with E-state index in [1.54, 1.807) is 39.8 Å². The molecule has 3 rings (SSSR count). The number of nitrogens with one attached hydrogen (secondary N) is 1. The molecule has 0 saturated heterocycles. The molecule has 0 spiro atoms. The molecule has 8 nitrogen and oxygen atoms in total. The number of fused-ring (bicyclic) bond motifs is 1. The maximum atomic E-state index is 13.1. The molecule has 0 radical (unpaired) electrons. The van der Waals surface area contributed by atoms with Crippen molar-refractivity contribution in [2.45, 2.75) is 39.7 Å². The van der Waals surface area contributed by atoms with E-state index >= 15 is 0 Å². The van der Waals surface area contributed by atoms with Crippen LogP contribution in [0.5, 0.6) is 11.5 Å². The van der Waals surface area contributed by atoms with Crippen molar-refractivity contribution in [2.75, 3.05) is 27.1 Å². The number of para-hydroxylation sites is 1. The SMILES string of the molecule is COCCOC(=O)C1=C(C)NC(C)=C(C(=O)OC(C)C)C1c1cccc2c1OCO2. The van der Waals surface area contributed by atoms with E-state index < -0.39 is 17.9 Å². The molecule has 30 heavy (non-hydrogen) atoms. The van der Waals surface area contributed by atoms with Gasteiger partial charge in [-0.2, -0.15) is 0 Å². The Morgan fingerprint density at radius 1 is 1.10 bits per heavy atom. The Bertz CT molecular complexity index is 901. The van der Waals surface area contributed by atoms with Crippen molar-refractivity contribution in [1.82, 2.24) is 5.32 Å². The zero-order valence-corrected chi connectivity index (χ0v) is 17.9. The molecule has 0 bridgehead atoms. The minimum Gasteiger partial charge on any atom is -0.460 e. The van der Waals surface area contributed by atoms with Crippen LogP contribution in [-0.2, 0) is 23.8 Å². The number of dihydropyridines is 1. The molecule has 1 unspecified atom stereocenters. The topological polar surface area (TPSA) is 92.3 Å². The second-order valence-electron chi connectivity index (χ2n) is 7.30. The maximum absolute atomic E-state index is 13.1. The summed E-state index contributed by atoms with van der Waals surface area (Å²) in [6.45, 7) is 7.54. The largest absolute Gasteiger partial charge is 0.460 e. The summed E-state index contributed by atoms with van der Waals surface area (Å²) in [5.41, 5.74) is 2.48. The molecule has 162 valence electrons. The number of carbonyl (C=O) groups is 2. The number of hydrogen-bond acceptors (Lipinski definition) is 8. The predicted molar refractivity (Wildman–Crippen MR) is 108 cm³/mol. The van der Waals surface area contributed by atoms with Crippen LogP contribution >= 0.6 is 0 Å². The van der Waals surface area contributed by atoms with Crippen molar-refractivity contribution in [2.24, 2.45) is 0 Å². The van der Waals surface area contributed by atoms with Crippen LogP contribution in [0.15, 0.2) is 40.7 Å². The average molecular weight is 417 g/mol. The minimum absolute atomic E-state index is 0.0715. The molecule has 0 aliphatic carbocycles. The van der Waals surface area contributed by atoms with E-state index in [-0.39, 0.29) is 26.1 Å². The molecule has 0 aromatic heterocycles. The molecule has 0 amide bonds. The first-order valence-corrected chi connectivity index (χ1v) is 9.79. The number of rotatable bonds is 7. The van der Waals surface area contributed by atoms with E-state index in [0.717, 1.165) is 0 Å². The van der Waals surface area contributed by atoms with Crippen LogP contribution in [0, 0.1) is 0 Å². The number of benzene rings is 1. The Morgan fingerprint density at radius 2 is 1.80 bits per heavy atom. The molecule has 2 heterocycles. The van der Waals surface area contributed by atoms with Gasteiger partial charge in [-0.25, -0.2) is 9.59 Å². The fourth-order valence-electron chi connectivity index (χ4n) is 3.60. The summed E-state index contributed by atoms with van der Waals surface area (Å²) in [4.78, 5) is 26.1. The lowest BCUT2D eigenvalue weighted by molar-refractivity contribution is -0.143. The third-order valence-corrected chi connectivity index (χ3v) is 4.80. The number of ether oxygens (including phenoxy) is 5. The van der Waals surface area contributed by atoms with Gasteiger partial charge in [0.05, 0.1) is 29.8 Å². The van der Waals surface area contributed by atoms with E-state index in [0.29, 0.717) is 39.6 Å². The van der Waals surface area contributed by atoms with E-state index in [1.807, 2.05) is 6.07 Å². The molecule has 8 heteroatoms. The van der Waals surface area contributed by atoms with Crippen molar-refractivity contribution in [3.63, 3.8) is 0 Å². The maximum Gasteiger partial charge on any atom is 0.337 e.